The lowest BCUT2D eigenvalue weighted by atomic mass is 9.40. The fraction of sp³-hybridized carbons (Fsp3) is 0.667. The second kappa shape index (κ2) is 7.14. The maximum atomic E-state index is 12.1. The normalized spacial score (nSPS) is 37.5. The van der Waals surface area contributed by atoms with Crippen LogP contribution in [0.15, 0.2) is 24.3 Å². The molecule has 0 heterocycles. The number of aryl methyl sites for hydroxylation is 1. The van der Waals surface area contributed by atoms with Crippen LogP contribution < -0.4 is 0 Å². The number of hydrogen-bond donors (Lipinski definition) is 1. The number of phenolic OH excluding ortho intramolecular Hbond substituents is 1. The lowest BCUT2D eigenvalue weighted by molar-refractivity contribution is -0.204. The van der Waals surface area contributed by atoms with Crippen molar-refractivity contribution in [2.75, 3.05) is 0 Å². The van der Waals surface area contributed by atoms with Gasteiger partial charge in [0, 0.05) is 12.8 Å². The van der Waals surface area contributed by atoms with E-state index in [2.05, 4.69) is 39.8 Å². The molecule has 0 spiro atoms. The van der Waals surface area contributed by atoms with Gasteiger partial charge in [-0.2, -0.15) is 0 Å². The monoisotopic (exact) mass is 410 g/mol. The Morgan fingerprint density at radius 2 is 1.90 bits per heavy atom. The number of hydrogen-bond acceptors (Lipinski definition) is 3. The minimum Gasteiger partial charge on any atom is -0.508 e. The molecule has 0 unspecified atom stereocenters. The molecular weight excluding hydrogens is 372 g/mol. The summed E-state index contributed by atoms with van der Waals surface area (Å²) in [6.07, 6.45) is 9.04. The van der Waals surface area contributed by atoms with Crippen LogP contribution in [-0.2, 0) is 9.53 Å². The van der Waals surface area contributed by atoms with Crippen LogP contribution >= 0.6 is 0 Å². The summed E-state index contributed by atoms with van der Waals surface area (Å²) in [6.45, 7) is 13.2. The van der Waals surface area contributed by atoms with E-state index in [9.17, 15) is 9.90 Å². The predicted molar refractivity (Wildman–Crippen MR) is 121 cm³/mol. The molecule has 1 aromatic rings. The first-order valence-electron chi connectivity index (χ1n) is 11.6. The van der Waals surface area contributed by atoms with Crippen LogP contribution in [-0.4, -0.2) is 17.2 Å². The molecule has 3 aliphatic rings. The highest BCUT2D eigenvalue weighted by atomic mass is 16.5. The summed E-state index contributed by atoms with van der Waals surface area (Å²) in [5, 5.41) is 10.2. The highest BCUT2D eigenvalue weighted by molar-refractivity contribution is 5.69. The van der Waals surface area contributed by atoms with Crippen molar-refractivity contribution in [2.24, 2.45) is 28.1 Å². The van der Waals surface area contributed by atoms with E-state index in [0.717, 1.165) is 30.4 Å². The summed E-state index contributed by atoms with van der Waals surface area (Å²) in [6, 6.07) is 6.04. The standard InChI is InChI=1S/C27H38O3/c1-17-8-9-19(14-21(17)29)20-10-11-23-26(5,15-20)16-22(30-18(2)28)24-25(3,4)12-7-13-27(23,24)6/h8-10,14,22-24,29H,7,11-13,15-16H2,1-6H3/t22-,23-,24-,26-,27-/m1/s1. The molecular formula is C27H38O3. The van der Waals surface area contributed by atoms with Crippen molar-refractivity contribution in [2.45, 2.75) is 86.2 Å². The third-order valence-corrected chi connectivity index (χ3v) is 8.86. The Balaban J connectivity index is 1.75. The van der Waals surface area contributed by atoms with Crippen molar-refractivity contribution >= 4 is 11.5 Å². The summed E-state index contributed by atoms with van der Waals surface area (Å²) in [5.41, 5.74) is 3.80. The molecule has 0 aliphatic heterocycles. The van der Waals surface area contributed by atoms with Gasteiger partial charge in [-0.25, -0.2) is 0 Å². The smallest absolute Gasteiger partial charge is 0.302 e. The van der Waals surface area contributed by atoms with Crippen molar-refractivity contribution in [3.63, 3.8) is 0 Å². The topological polar surface area (TPSA) is 46.5 Å². The van der Waals surface area contributed by atoms with Gasteiger partial charge in [0.25, 0.3) is 0 Å². The van der Waals surface area contributed by atoms with Crippen LogP contribution in [0.2, 0.25) is 0 Å². The van der Waals surface area contributed by atoms with Crippen molar-refractivity contribution in [1.82, 2.24) is 0 Å². The van der Waals surface area contributed by atoms with E-state index in [1.165, 1.54) is 24.8 Å². The number of carbonyl (C=O) groups is 1. The van der Waals surface area contributed by atoms with Gasteiger partial charge in [0.05, 0.1) is 0 Å². The van der Waals surface area contributed by atoms with Crippen molar-refractivity contribution in [3.8, 4) is 5.75 Å². The average Bonchev–Trinajstić information content (AvgIpc) is 2.61. The van der Waals surface area contributed by atoms with E-state index in [1.54, 1.807) is 6.92 Å². The van der Waals surface area contributed by atoms with Crippen LogP contribution in [0, 0.1) is 35.0 Å². The zero-order valence-electron chi connectivity index (χ0n) is 19.5. The van der Waals surface area contributed by atoms with E-state index in [-0.39, 0.29) is 28.3 Å². The summed E-state index contributed by atoms with van der Waals surface area (Å²) >= 11 is 0. The number of carbonyl (C=O) groups excluding carboxylic acids is 1. The summed E-state index contributed by atoms with van der Waals surface area (Å²) in [4.78, 5) is 12.1. The zero-order valence-corrected chi connectivity index (χ0v) is 19.5. The Labute approximate surface area is 181 Å². The predicted octanol–water partition coefficient (Wildman–Crippen LogP) is 6.67. The van der Waals surface area contributed by atoms with Crippen LogP contribution in [0.5, 0.6) is 5.75 Å². The lowest BCUT2D eigenvalue weighted by Crippen LogP contribution is -2.61. The molecule has 3 heteroatoms. The molecule has 164 valence electrons. The number of phenols is 1. The number of fused-ring (bicyclic) bond motifs is 3. The summed E-state index contributed by atoms with van der Waals surface area (Å²) in [7, 11) is 0. The number of benzene rings is 1. The molecule has 0 bridgehead atoms. The van der Waals surface area contributed by atoms with Gasteiger partial charge >= 0.3 is 5.97 Å². The highest BCUT2D eigenvalue weighted by Crippen LogP contribution is 2.68. The van der Waals surface area contributed by atoms with Gasteiger partial charge in [-0.3, -0.25) is 4.79 Å². The van der Waals surface area contributed by atoms with Gasteiger partial charge in [-0.05, 0) is 84.0 Å². The van der Waals surface area contributed by atoms with E-state index in [1.807, 2.05) is 19.1 Å². The van der Waals surface area contributed by atoms with Crippen LogP contribution in [0.4, 0.5) is 0 Å². The molecule has 4 rings (SSSR count). The fourth-order valence-corrected chi connectivity index (χ4v) is 7.83. The minimum atomic E-state index is -0.152. The SMILES string of the molecule is CC(=O)O[C@@H]1C[C@@]2(C)CC(c3ccc(C)c(O)c3)=CC[C@H]2[C@@]2(C)CCCC(C)(C)[C@@H]12. The molecule has 2 saturated carbocycles. The quantitative estimate of drug-likeness (QED) is 0.554. The molecule has 2 fully saturated rings. The number of rotatable bonds is 2. The van der Waals surface area contributed by atoms with Gasteiger partial charge in [0.2, 0.25) is 0 Å². The summed E-state index contributed by atoms with van der Waals surface area (Å²) < 4.78 is 6.05. The Hall–Kier alpha value is -1.77. The third-order valence-electron chi connectivity index (χ3n) is 8.86. The van der Waals surface area contributed by atoms with E-state index < -0.39 is 0 Å². The number of allylic oxidation sites excluding steroid dienone is 2. The molecule has 30 heavy (non-hydrogen) atoms. The first-order valence-corrected chi connectivity index (χ1v) is 11.6. The first-order chi connectivity index (χ1) is 14.0. The van der Waals surface area contributed by atoms with Crippen molar-refractivity contribution in [1.29, 1.82) is 0 Å². The van der Waals surface area contributed by atoms with Gasteiger partial charge in [0.1, 0.15) is 11.9 Å². The van der Waals surface area contributed by atoms with E-state index >= 15 is 0 Å². The number of esters is 1. The molecule has 0 saturated heterocycles. The number of ether oxygens (including phenoxy) is 1. The molecule has 1 aromatic carbocycles. The first kappa shape index (κ1) is 21.5. The Morgan fingerprint density at radius 1 is 1.17 bits per heavy atom. The molecule has 5 atom stereocenters. The van der Waals surface area contributed by atoms with Crippen LogP contribution in [0.25, 0.3) is 5.57 Å². The Morgan fingerprint density at radius 3 is 2.57 bits per heavy atom. The Bertz CT molecular complexity index is 882. The molecule has 0 radical (unpaired) electrons. The lowest BCUT2D eigenvalue weighted by Gasteiger charge is -2.65. The van der Waals surface area contributed by atoms with Crippen molar-refractivity contribution in [3.05, 3.63) is 35.4 Å². The van der Waals surface area contributed by atoms with Gasteiger partial charge < -0.3 is 9.84 Å². The highest BCUT2D eigenvalue weighted by Gasteiger charge is 2.63. The average molecular weight is 411 g/mol. The van der Waals surface area contributed by atoms with E-state index in [0.29, 0.717) is 17.6 Å². The molecule has 3 aliphatic carbocycles. The van der Waals surface area contributed by atoms with Gasteiger partial charge in [-0.15, -0.1) is 0 Å². The molecule has 0 aromatic heterocycles. The van der Waals surface area contributed by atoms with Gasteiger partial charge in [-0.1, -0.05) is 52.3 Å². The second-order valence-corrected chi connectivity index (χ2v) is 11.5. The third kappa shape index (κ3) is 3.39. The Kier molecular flexibility index (Phi) is 5.11. The largest absolute Gasteiger partial charge is 0.508 e. The maximum Gasteiger partial charge on any atom is 0.302 e. The minimum absolute atomic E-state index is 0.0187. The zero-order chi connectivity index (χ0) is 21.9. The molecule has 1 N–H and O–H groups in total. The summed E-state index contributed by atoms with van der Waals surface area (Å²) in [5.74, 6) is 1.20. The van der Waals surface area contributed by atoms with Crippen LogP contribution in [0.3, 0.4) is 0 Å². The molecule has 0 amide bonds. The van der Waals surface area contributed by atoms with E-state index in [4.69, 9.17) is 4.74 Å². The maximum absolute atomic E-state index is 12.1. The van der Waals surface area contributed by atoms with Crippen LogP contribution in [0.1, 0.15) is 84.3 Å². The molecule has 3 nitrogen and oxygen atoms in total. The number of aromatic hydroxyl groups is 1. The fourth-order valence-electron chi connectivity index (χ4n) is 7.83. The van der Waals surface area contributed by atoms with Gasteiger partial charge in [0.15, 0.2) is 0 Å². The van der Waals surface area contributed by atoms with Crippen molar-refractivity contribution < 1.29 is 14.6 Å². The second-order valence-electron chi connectivity index (χ2n) is 11.5.